The van der Waals surface area contributed by atoms with E-state index in [2.05, 4.69) is 39.3 Å². The Morgan fingerprint density at radius 2 is 1.55 bits per heavy atom. The third kappa shape index (κ3) is 5.82. The predicted molar refractivity (Wildman–Crippen MR) is 92.4 cm³/mol. The van der Waals surface area contributed by atoms with Crippen molar-refractivity contribution in [1.29, 1.82) is 0 Å². The number of hydrogen-bond acceptors (Lipinski definition) is 1. The molecule has 0 amide bonds. The molecular weight excluding hydrogens is 272 g/mol. The molecule has 3 nitrogen and oxygen atoms in total. The number of hydrogen-bond donors (Lipinski definition) is 2. The first-order valence-corrected chi connectivity index (χ1v) is 8.73. The average Bonchev–Trinajstić information content (AvgIpc) is 2.88. The summed E-state index contributed by atoms with van der Waals surface area (Å²) < 4.78 is 5.90. The average molecular weight is 304 g/mol. The van der Waals surface area contributed by atoms with Gasteiger partial charge >= 0.3 is 0 Å². The minimum atomic E-state index is 0.985. The van der Waals surface area contributed by atoms with E-state index in [-0.39, 0.29) is 0 Å². The van der Waals surface area contributed by atoms with Crippen molar-refractivity contribution >= 4 is 11.0 Å². The zero-order chi connectivity index (χ0) is 15.8. The van der Waals surface area contributed by atoms with Crippen LogP contribution in [0, 0.1) is 0 Å². The molecule has 1 atom stereocenters. The summed E-state index contributed by atoms with van der Waals surface area (Å²) in [4.78, 5) is 3.10. The Balaban J connectivity index is 1.60. The molecule has 122 valence electrons. The van der Waals surface area contributed by atoms with Crippen molar-refractivity contribution in [3.8, 4) is 0 Å². The van der Waals surface area contributed by atoms with E-state index in [1.54, 1.807) is 4.90 Å². The van der Waals surface area contributed by atoms with Gasteiger partial charge in [0.1, 0.15) is 12.1 Å². The summed E-state index contributed by atoms with van der Waals surface area (Å²) in [6.07, 6.45) is 6.81. The second kappa shape index (κ2) is 8.96. The highest BCUT2D eigenvalue weighted by Crippen LogP contribution is 2.17. The van der Waals surface area contributed by atoms with Gasteiger partial charge in [-0.05, 0) is 37.8 Å². The second-order valence-electron chi connectivity index (χ2n) is 6.86. The van der Waals surface area contributed by atoms with E-state index in [4.69, 9.17) is 4.42 Å². The van der Waals surface area contributed by atoms with E-state index in [1.807, 2.05) is 12.1 Å². The van der Waals surface area contributed by atoms with Crippen LogP contribution in [0.25, 0.3) is 11.0 Å². The van der Waals surface area contributed by atoms with Crippen LogP contribution < -0.4 is 9.80 Å². The Labute approximate surface area is 134 Å². The SMILES string of the molecule is C[NH+](C)CCCCCCC[NH+](C)Cc1cc2ccccc2o1. The number of unbranched alkanes of at least 4 members (excludes halogenated alkanes) is 4. The predicted octanol–water partition coefficient (Wildman–Crippen LogP) is 1.54. The van der Waals surface area contributed by atoms with Gasteiger partial charge in [0.05, 0.1) is 34.2 Å². The Hall–Kier alpha value is -1.32. The molecule has 2 N–H and O–H groups in total. The number of nitrogens with one attached hydrogen (secondary N) is 2. The minimum Gasteiger partial charge on any atom is -0.455 e. The highest BCUT2D eigenvalue weighted by Gasteiger charge is 2.08. The lowest BCUT2D eigenvalue weighted by atomic mass is 10.1. The molecule has 0 aliphatic carbocycles. The summed E-state index contributed by atoms with van der Waals surface area (Å²) in [5.41, 5.74) is 1.01. The maximum absolute atomic E-state index is 5.90. The van der Waals surface area contributed by atoms with Crippen molar-refractivity contribution in [2.24, 2.45) is 0 Å². The molecule has 0 spiro atoms. The largest absolute Gasteiger partial charge is 0.455 e. The Morgan fingerprint density at radius 1 is 0.864 bits per heavy atom. The van der Waals surface area contributed by atoms with E-state index in [9.17, 15) is 0 Å². The highest BCUT2D eigenvalue weighted by molar-refractivity contribution is 5.77. The fraction of sp³-hybridized carbons (Fsp3) is 0.579. The lowest BCUT2D eigenvalue weighted by Gasteiger charge is -2.12. The summed E-state index contributed by atoms with van der Waals surface area (Å²) in [6.45, 7) is 3.52. The van der Waals surface area contributed by atoms with Crippen LogP contribution in [0.1, 0.15) is 37.9 Å². The Kier molecular flexibility index (Phi) is 6.94. The van der Waals surface area contributed by atoms with Crippen LogP contribution in [0.5, 0.6) is 0 Å². The van der Waals surface area contributed by atoms with Gasteiger partial charge in [0.25, 0.3) is 0 Å². The van der Waals surface area contributed by atoms with Crippen LogP contribution in [-0.4, -0.2) is 34.2 Å². The Morgan fingerprint density at radius 3 is 2.27 bits per heavy atom. The number of furan rings is 1. The van der Waals surface area contributed by atoms with Crippen molar-refractivity contribution in [2.45, 2.75) is 38.6 Å². The number of para-hydroxylation sites is 1. The summed E-state index contributed by atoms with van der Waals surface area (Å²) >= 11 is 0. The van der Waals surface area contributed by atoms with Gasteiger partial charge in [0, 0.05) is 5.39 Å². The monoisotopic (exact) mass is 304 g/mol. The van der Waals surface area contributed by atoms with Gasteiger partial charge in [-0.2, -0.15) is 0 Å². The summed E-state index contributed by atoms with van der Waals surface area (Å²) in [5.74, 6) is 1.10. The molecule has 0 saturated carbocycles. The molecule has 0 aliphatic rings. The molecule has 0 bridgehead atoms. The molecule has 2 aromatic rings. The third-order valence-corrected chi connectivity index (χ3v) is 4.23. The number of benzene rings is 1. The topological polar surface area (TPSA) is 22.0 Å². The number of fused-ring (bicyclic) bond motifs is 1. The van der Waals surface area contributed by atoms with Crippen molar-refractivity contribution in [1.82, 2.24) is 0 Å². The summed E-state index contributed by atoms with van der Waals surface area (Å²) in [6, 6.07) is 10.4. The maximum Gasteiger partial charge on any atom is 0.159 e. The highest BCUT2D eigenvalue weighted by atomic mass is 16.3. The van der Waals surface area contributed by atoms with Crippen molar-refractivity contribution < 1.29 is 14.2 Å². The van der Waals surface area contributed by atoms with Crippen LogP contribution in [-0.2, 0) is 6.54 Å². The summed E-state index contributed by atoms with van der Waals surface area (Å²) in [5, 5.41) is 1.22. The molecule has 1 aromatic heterocycles. The first-order chi connectivity index (χ1) is 10.6. The zero-order valence-electron chi connectivity index (χ0n) is 14.5. The standard InChI is InChI=1S/C19H30N2O/c1-20(2)13-9-5-4-6-10-14-21(3)16-18-15-17-11-7-8-12-19(17)22-18/h7-8,11-12,15H,4-6,9-10,13-14,16H2,1-3H3/p+2. The lowest BCUT2D eigenvalue weighted by Crippen LogP contribution is -3.07. The van der Waals surface area contributed by atoms with Gasteiger partial charge in [-0.3, -0.25) is 0 Å². The van der Waals surface area contributed by atoms with Crippen LogP contribution in [0.4, 0.5) is 0 Å². The van der Waals surface area contributed by atoms with E-state index in [0.717, 1.165) is 17.9 Å². The normalized spacial score (nSPS) is 13.1. The molecule has 0 saturated heterocycles. The third-order valence-electron chi connectivity index (χ3n) is 4.23. The fourth-order valence-electron chi connectivity index (χ4n) is 2.95. The molecular formula is C19H32N2O+2. The van der Waals surface area contributed by atoms with Crippen molar-refractivity contribution in [3.05, 3.63) is 36.1 Å². The first-order valence-electron chi connectivity index (χ1n) is 8.73. The van der Waals surface area contributed by atoms with Crippen LogP contribution in [0.3, 0.4) is 0 Å². The number of quaternary nitrogens is 2. The van der Waals surface area contributed by atoms with Crippen molar-refractivity contribution in [3.63, 3.8) is 0 Å². The van der Waals surface area contributed by atoms with Gasteiger partial charge in [-0.15, -0.1) is 0 Å². The fourth-order valence-corrected chi connectivity index (χ4v) is 2.95. The molecule has 0 fully saturated rings. The molecule has 1 heterocycles. The molecule has 1 unspecified atom stereocenters. The van der Waals surface area contributed by atoms with E-state index >= 15 is 0 Å². The van der Waals surface area contributed by atoms with Crippen molar-refractivity contribution in [2.75, 3.05) is 34.2 Å². The summed E-state index contributed by atoms with van der Waals surface area (Å²) in [7, 11) is 6.73. The molecule has 22 heavy (non-hydrogen) atoms. The maximum atomic E-state index is 5.90. The quantitative estimate of drug-likeness (QED) is 0.639. The second-order valence-corrected chi connectivity index (χ2v) is 6.86. The molecule has 0 aliphatic heterocycles. The van der Waals surface area contributed by atoms with Crippen LogP contribution >= 0.6 is 0 Å². The Bertz CT molecular complexity index is 514. The van der Waals surface area contributed by atoms with Crippen LogP contribution in [0.2, 0.25) is 0 Å². The van der Waals surface area contributed by atoms with Gasteiger partial charge in [0.2, 0.25) is 0 Å². The minimum absolute atomic E-state index is 0.985. The first kappa shape index (κ1) is 17.0. The van der Waals surface area contributed by atoms with Crippen LogP contribution in [0.15, 0.2) is 34.7 Å². The lowest BCUT2D eigenvalue weighted by molar-refractivity contribution is -0.895. The molecule has 1 aromatic carbocycles. The number of rotatable bonds is 10. The molecule has 2 rings (SSSR count). The van der Waals surface area contributed by atoms with Gasteiger partial charge < -0.3 is 14.2 Å². The van der Waals surface area contributed by atoms with Gasteiger partial charge in [-0.25, -0.2) is 0 Å². The van der Waals surface area contributed by atoms with E-state index in [0.29, 0.717) is 0 Å². The van der Waals surface area contributed by atoms with E-state index < -0.39 is 0 Å². The van der Waals surface area contributed by atoms with Gasteiger partial charge in [0.15, 0.2) is 5.76 Å². The van der Waals surface area contributed by atoms with Gasteiger partial charge in [-0.1, -0.05) is 24.6 Å². The molecule has 0 radical (unpaired) electrons. The smallest absolute Gasteiger partial charge is 0.159 e. The zero-order valence-corrected chi connectivity index (χ0v) is 14.5. The molecule has 3 heteroatoms. The van der Waals surface area contributed by atoms with E-state index in [1.165, 1.54) is 55.5 Å².